The molecule has 0 saturated carbocycles. The molecule has 18 heavy (non-hydrogen) atoms. The zero-order valence-corrected chi connectivity index (χ0v) is 11.1. The lowest BCUT2D eigenvalue weighted by atomic mass is 10.1. The van der Waals surface area contributed by atoms with Gasteiger partial charge in [-0.05, 0) is 23.9 Å². The maximum Gasteiger partial charge on any atom is 0.191 e. The summed E-state index contributed by atoms with van der Waals surface area (Å²) in [5, 5.41) is 6.53. The first-order valence-electron chi connectivity index (χ1n) is 5.76. The van der Waals surface area contributed by atoms with E-state index in [0.717, 1.165) is 22.1 Å². The average Bonchev–Trinajstić information content (AvgIpc) is 2.99. The molecule has 0 fully saturated rings. The van der Waals surface area contributed by atoms with Crippen LogP contribution < -0.4 is 0 Å². The number of aromatic nitrogens is 3. The molecule has 3 aromatic rings. The van der Waals surface area contributed by atoms with Crippen molar-refractivity contribution < 1.29 is 0 Å². The molecule has 0 spiro atoms. The minimum absolute atomic E-state index is 0.797. The van der Waals surface area contributed by atoms with Gasteiger partial charge in [0.05, 0.1) is 4.88 Å². The molecule has 4 heteroatoms. The van der Waals surface area contributed by atoms with Crippen molar-refractivity contribution in [3.05, 3.63) is 47.3 Å². The van der Waals surface area contributed by atoms with Gasteiger partial charge in [0.25, 0.3) is 0 Å². The van der Waals surface area contributed by atoms with Crippen LogP contribution in [-0.2, 0) is 7.05 Å². The summed E-state index contributed by atoms with van der Waals surface area (Å²) >= 11 is 1.66. The number of benzene rings is 1. The zero-order chi connectivity index (χ0) is 12.5. The quantitative estimate of drug-likeness (QED) is 0.701. The third-order valence-corrected chi connectivity index (χ3v) is 3.76. The van der Waals surface area contributed by atoms with Crippen molar-refractivity contribution in [2.75, 3.05) is 0 Å². The minimum atomic E-state index is 0.797. The lowest BCUT2D eigenvalue weighted by Gasteiger charge is -2.03. The number of aryl methyl sites for hydroxylation is 2. The fourth-order valence-electron chi connectivity index (χ4n) is 1.95. The van der Waals surface area contributed by atoms with E-state index < -0.39 is 0 Å². The van der Waals surface area contributed by atoms with E-state index >= 15 is 0 Å². The highest BCUT2D eigenvalue weighted by Crippen LogP contribution is 2.26. The Morgan fingerprint density at radius 3 is 2.67 bits per heavy atom. The molecule has 0 N–H and O–H groups in total. The van der Waals surface area contributed by atoms with E-state index in [1.165, 1.54) is 5.56 Å². The topological polar surface area (TPSA) is 30.7 Å². The van der Waals surface area contributed by atoms with Crippen LogP contribution in [0.5, 0.6) is 0 Å². The van der Waals surface area contributed by atoms with Crippen LogP contribution in [0.2, 0.25) is 0 Å². The van der Waals surface area contributed by atoms with E-state index in [1.807, 2.05) is 41.4 Å². The maximum absolute atomic E-state index is 4.65. The van der Waals surface area contributed by atoms with E-state index in [2.05, 4.69) is 29.1 Å². The van der Waals surface area contributed by atoms with Crippen molar-refractivity contribution in [1.29, 1.82) is 0 Å². The summed E-state index contributed by atoms with van der Waals surface area (Å²) in [5.41, 5.74) is 2.35. The number of thiophene rings is 1. The van der Waals surface area contributed by atoms with Gasteiger partial charge in [-0.15, -0.1) is 16.4 Å². The van der Waals surface area contributed by atoms with Crippen LogP contribution in [0.1, 0.15) is 5.56 Å². The van der Waals surface area contributed by atoms with Crippen molar-refractivity contribution in [2.24, 2.45) is 7.05 Å². The number of nitrogens with zero attached hydrogens (tertiary/aromatic N) is 3. The first-order chi connectivity index (χ1) is 8.75. The van der Waals surface area contributed by atoms with Crippen molar-refractivity contribution in [3.63, 3.8) is 0 Å². The Morgan fingerprint density at radius 1 is 1.11 bits per heavy atom. The van der Waals surface area contributed by atoms with Crippen LogP contribution in [0.4, 0.5) is 0 Å². The van der Waals surface area contributed by atoms with Crippen LogP contribution >= 0.6 is 11.3 Å². The van der Waals surface area contributed by atoms with Gasteiger partial charge in [-0.1, -0.05) is 30.3 Å². The largest absolute Gasteiger partial charge is 0.248 e. The Hall–Kier alpha value is -1.94. The maximum atomic E-state index is 4.65. The molecule has 0 aliphatic carbocycles. The molecule has 0 aliphatic rings. The molecule has 0 bridgehead atoms. The fraction of sp³-hybridized carbons (Fsp3) is 0.143. The Bertz CT molecular complexity index is 668. The molecule has 3 rings (SSSR count). The molecule has 0 saturated heterocycles. The summed E-state index contributed by atoms with van der Waals surface area (Å²) in [5.74, 6) is 1.71. The summed E-state index contributed by atoms with van der Waals surface area (Å²) in [6.07, 6.45) is 0. The Labute approximate surface area is 110 Å². The molecule has 3 nitrogen and oxygen atoms in total. The van der Waals surface area contributed by atoms with Gasteiger partial charge in [-0.2, -0.15) is 0 Å². The van der Waals surface area contributed by atoms with Gasteiger partial charge in [-0.3, -0.25) is 0 Å². The lowest BCUT2D eigenvalue weighted by molar-refractivity contribution is 0.777. The van der Waals surface area contributed by atoms with Gasteiger partial charge in [0.2, 0.25) is 0 Å². The molecule has 0 aliphatic heterocycles. The van der Waals surface area contributed by atoms with Crippen LogP contribution in [0.15, 0.2) is 41.8 Å². The van der Waals surface area contributed by atoms with Gasteiger partial charge in [-0.25, -0.2) is 9.67 Å². The molecular weight excluding hydrogens is 242 g/mol. The first-order valence-corrected chi connectivity index (χ1v) is 6.64. The fourth-order valence-corrected chi connectivity index (χ4v) is 2.61. The highest BCUT2D eigenvalue weighted by molar-refractivity contribution is 7.13. The smallest absolute Gasteiger partial charge is 0.191 e. The Morgan fingerprint density at radius 2 is 1.94 bits per heavy atom. The molecule has 2 heterocycles. The molecule has 2 aromatic heterocycles. The van der Waals surface area contributed by atoms with Gasteiger partial charge >= 0.3 is 0 Å². The number of hydrogen-bond donors (Lipinski definition) is 0. The van der Waals surface area contributed by atoms with Crippen molar-refractivity contribution in [2.45, 2.75) is 6.92 Å². The third kappa shape index (κ3) is 1.84. The van der Waals surface area contributed by atoms with Gasteiger partial charge in [0.15, 0.2) is 11.6 Å². The molecule has 0 unspecified atom stereocenters. The van der Waals surface area contributed by atoms with Crippen LogP contribution in [0.3, 0.4) is 0 Å². The minimum Gasteiger partial charge on any atom is -0.248 e. The third-order valence-electron chi connectivity index (χ3n) is 2.89. The monoisotopic (exact) mass is 255 g/mol. The zero-order valence-electron chi connectivity index (χ0n) is 10.3. The van der Waals surface area contributed by atoms with Crippen LogP contribution in [-0.4, -0.2) is 14.8 Å². The van der Waals surface area contributed by atoms with E-state index in [4.69, 9.17) is 0 Å². The Kier molecular flexibility index (Phi) is 2.72. The van der Waals surface area contributed by atoms with Gasteiger partial charge in [0, 0.05) is 12.6 Å². The summed E-state index contributed by atoms with van der Waals surface area (Å²) in [6.45, 7) is 2.09. The summed E-state index contributed by atoms with van der Waals surface area (Å²) in [4.78, 5) is 5.75. The number of rotatable bonds is 2. The van der Waals surface area contributed by atoms with E-state index in [1.54, 1.807) is 11.3 Å². The number of hydrogen-bond acceptors (Lipinski definition) is 3. The van der Waals surface area contributed by atoms with E-state index in [0.29, 0.717) is 0 Å². The second kappa shape index (κ2) is 4.38. The predicted octanol–water partition coefficient (Wildman–Crippen LogP) is 3.52. The molecule has 0 atom stereocenters. The standard InChI is InChI=1S/C14H13N3S/c1-10-6-3-4-7-11(10)14-15-13(16-17(14)2)12-8-5-9-18-12/h3-9H,1-2H3. The molecular formula is C14H13N3S. The highest BCUT2D eigenvalue weighted by Gasteiger charge is 2.12. The van der Waals surface area contributed by atoms with E-state index in [-0.39, 0.29) is 0 Å². The molecule has 0 radical (unpaired) electrons. The SMILES string of the molecule is Cc1ccccc1-c1nc(-c2cccs2)nn1C. The van der Waals surface area contributed by atoms with Gasteiger partial charge in [0.1, 0.15) is 0 Å². The highest BCUT2D eigenvalue weighted by atomic mass is 32.1. The normalized spacial score (nSPS) is 10.8. The van der Waals surface area contributed by atoms with Crippen molar-refractivity contribution in [1.82, 2.24) is 14.8 Å². The van der Waals surface area contributed by atoms with Crippen molar-refractivity contribution in [3.8, 4) is 22.1 Å². The molecule has 0 amide bonds. The summed E-state index contributed by atoms with van der Waals surface area (Å²) in [6, 6.07) is 12.3. The predicted molar refractivity (Wildman–Crippen MR) is 74.5 cm³/mol. The van der Waals surface area contributed by atoms with Crippen molar-refractivity contribution >= 4 is 11.3 Å². The van der Waals surface area contributed by atoms with Crippen LogP contribution in [0.25, 0.3) is 22.1 Å². The van der Waals surface area contributed by atoms with Crippen LogP contribution in [0, 0.1) is 6.92 Å². The Balaban J connectivity index is 2.12. The molecule has 1 aromatic carbocycles. The van der Waals surface area contributed by atoms with E-state index in [9.17, 15) is 0 Å². The average molecular weight is 255 g/mol. The summed E-state index contributed by atoms with van der Waals surface area (Å²) in [7, 11) is 1.94. The lowest BCUT2D eigenvalue weighted by Crippen LogP contribution is -1.95. The second-order valence-corrected chi connectivity index (χ2v) is 5.12. The van der Waals surface area contributed by atoms with Gasteiger partial charge < -0.3 is 0 Å². The summed E-state index contributed by atoms with van der Waals surface area (Å²) < 4.78 is 1.84. The first kappa shape index (κ1) is 11.2. The second-order valence-electron chi connectivity index (χ2n) is 4.17. The molecule has 90 valence electrons.